The van der Waals surface area contributed by atoms with Crippen LogP contribution in [-0.2, 0) is 0 Å². The van der Waals surface area contributed by atoms with E-state index in [0.717, 1.165) is 56.0 Å². The van der Waals surface area contributed by atoms with E-state index in [0.29, 0.717) is 0 Å². The molecular weight excluding hydrogens is 667 g/mol. The van der Waals surface area contributed by atoms with Crippen molar-refractivity contribution in [2.75, 3.05) is 4.90 Å². The topological polar surface area (TPSA) is 16.4 Å². The maximum atomic E-state index is 6.33. The number of anilines is 3. The molecule has 0 saturated carbocycles. The number of aryl methyl sites for hydroxylation is 1. The summed E-state index contributed by atoms with van der Waals surface area (Å²) in [4.78, 5) is 2.34. The van der Waals surface area contributed by atoms with Crippen LogP contribution in [0.3, 0.4) is 0 Å². The lowest BCUT2D eigenvalue weighted by molar-refractivity contribution is 0.629. The van der Waals surface area contributed by atoms with Crippen LogP contribution in [-0.4, -0.2) is 0 Å². The third-order valence-corrected chi connectivity index (χ3v) is 10.8. The summed E-state index contributed by atoms with van der Waals surface area (Å²) in [5.74, 6) is 0.921. The lowest BCUT2D eigenvalue weighted by atomic mass is 9.99. The zero-order valence-corrected chi connectivity index (χ0v) is 30.5. The second kappa shape index (κ2) is 13.7. The molecule has 0 aliphatic carbocycles. The molecule has 0 unspecified atom stereocenters. The van der Waals surface area contributed by atoms with Gasteiger partial charge in [-0.15, -0.1) is 0 Å². The van der Waals surface area contributed by atoms with Crippen LogP contribution >= 0.6 is 0 Å². The van der Waals surface area contributed by atoms with Crippen molar-refractivity contribution in [1.29, 1.82) is 0 Å². The summed E-state index contributed by atoms with van der Waals surface area (Å²) in [6, 6.07) is 74.1. The number of para-hydroxylation sites is 1. The molecule has 0 atom stereocenters. The second-order valence-corrected chi connectivity index (χ2v) is 14.2. The fourth-order valence-electron chi connectivity index (χ4n) is 7.88. The third kappa shape index (κ3) is 6.14. The van der Waals surface area contributed by atoms with Gasteiger partial charge in [-0.25, -0.2) is 0 Å². The highest BCUT2D eigenvalue weighted by molar-refractivity contribution is 5.91. The van der Waals surface area contributed by atoms with Gasteiger partial charge < -0.3 is 9.32 Å². The van der Waals surface area contributed by atoms with Gasteiger partial charge in [0.2, 0.25) is 0 Å². The molecule has 0 spiro atoms. The molecule has 0 radical (unpaired) electrons. The van der Waals surface area contributed by atoms with Crippen molar-refractivity contribution in [3.05, 3.63) is 212 Å². The smallest absolute Gasteiger partial charge is 0.138 e. The van der Waals surface area contributed by atoms with Crippen LogP contribution in [0.5, 0.6) is 0 Å². The number of furan rings is 1. The minimum atomic E-state index is 0.917. The van der Waals surface area contributed by atoms with E-state index in [1.807, 2.05) is 12.1 Å². The predicted octanol–water partition coefficient (Wildman–Crippen LogP) is 15.2. The van der Waals surface area contributed by atoms with Crippen molar-refractivity contribution in [2.45, 2.75) is 6.92 Å². The average molecular weight is 704 g/mol. The Balaban J connectivity index is 1.01. The van der Waals surface area contributed by atoms with E-state index in [1.54, 1.807) is 0 Å². The molecule has 9 aromatic carbocycles. The maximum absolute atomic E-state index is 6.33. The maximum Gasteiger partial charge on any atom is 0.138 e. The normalized spacial score (nSPS) is 11.4. The number of nitrogens with zero attached hydrogens (tertiary/aromatic N) is 1. The van der Waals surface area contributed by atoms with Crippen molar-refractivity contribution in [1.82, 2.24) is 0 Å². The first-order chi connectivity index (χ1) is 27.1. The molecule has 0 saturated heterocycles. The van der Waals surface area contributed by atoms with Crippen LogP contribution in [0.25, 0.3) is 77.2 Å². The SMILES string of the molecule is Cc1c(-c2cccc(-c3ccc(N(c4ccc(-c5ccc6ccccc6c5)cc4)c4ccc(-c5ccc6ccccc6c5)cc4)cc3)c2)oc2ccccc12. The molecule has 0 aliphatic heterocycles. The van der Waals surface area contributed by atoms with E-state index in [9.17, 15) is 0 Å². The number of benzene rings is 9. The van der Waals surface area contributed by atoms with Crippen molar-refractivity contribution in [3.63, 3.8) is 0 Å². The first-order valence-corrected chi connectivity index (χ1v) is 18.8. The highest BCUT2D eigenvalue weighted by Gasteiger charge is 2.16. The number of fused-ring (bicyclic) bond motifs is 3. The van der Waals surface area contributed by atoms with Gasteiger partial charge in [0.15, 0.2) is 0 Å². The Morgan fingerprint density at radius 2 is 0.745 bits per heavy atom. The molecule has 0 bridgehead atoms. The van der Waals surface area contributed by atoms with E-state index >= 15 is 0 Å². The molecule has 0 N–H and O–H groups in total. The molecule has 10 aromatic rings. The van der Waals surface area contributed by atoms with Crippen molar-refractivity contribution >= 4 is 49.6 Å². The fourth-order valence-corrected chi connectivity index (χ4v) is 7.88. The summed E-state index contributed by atoms with van der Waals surface area (Å²) >= 11 is 0. The Morgan fingerprint density at radius 1 is 0.327 bits per heavy atom. The summed E-state index contributed by atoms with van der Waals surface area (Å²) < 4.78 is 6.33. The zero-order valence-electron chi connectivity index (χ0n) is 30.5. The summed E-state index contributed by atoms with van der Waals surface area (Å²) in [6.07, 6.45) is 0. The van der Waals surface area contributed by atoms with Gasteiger partial charge in [-0.2, -0.15) is 0 Å². The van der Waals surface area contributed by atoms with Gasteiger partial charge in [0.1, 0.15) is 11.3 Å². The Bertz CT molecular complexity index is 2850. The molecule has 0 aliphatic rings. The summed E-state index contributed by atoms with van der Waals surface area (Å²) in [5.41, 5.74) is 13.5. The Kier molecular flexibility index (Phi) is 8.08. The van der Waals surface area contributed by atoms with Gasteiger partial charge in [-0.3, -0.25) is 0 Å². The lowest BCUT2D eigenvalue weighted by Crippen LogP contribution is -2.09. The third-order valence-electron chi connectivity index (χ3n) is 10.8. The van der Waals surface area contributed by atoms with E-state index < -0.39 is 0 Å². The molecule has 2 nitrogen and oxygen atoms in total. The van der Waals surface area contributed by atoms with Gasteiger partial charge in [-0.05, 0) is 123 Å². The van der Waals surface area contributed by atoms with E-state index in [1.165, 1.54) is 43.8 Å². The van der Waals surface area contributed by atoms with Crippen LogP contribution in [0.15, 0.2) is 211 Å². The lowest BCUT2D eigenvalue weighted by Gasteiger charge is -2.26. The van der Waals surface area contributed by atoms with E-state index in [2.05, 4.69) is 206 Å². The largest absolute Gasteiger partial charge is 0.456 e. The predicted molar refractivity (Wildman–Crippen MR) is 232 cm³/mol. The average Bonchev–Trinajstić information content (AvgIpc) is 3.60. The van der Waals surface area contributed by atoms with Crippen molar-refractivity contribution < 1.29 is 4.42 Å². The molecule has 0 amide bonds. The number of hydrogen-bond acceptors (Lipinski definition) is 2. The molecule has 0 fully saturated rings. The highest BCUT2D eigenvalue weighted by atomic mass is 16.3. The van der Waals surface area contributed by atoms with Gasteiger partial charge in [0.25, 0.3) is 0 Å². The van der Waals surface area contributed by atoms with Crippen LogP contribution in [0, 0.1) is 6.92 Å². The van der Waals surface area contributed by atoms with Gasteiger partial charge in [0, 0.05) is 33.6 Å². The first-order valence-electron chi connectivity index (χ1n) is 18.8. The summed E-state index contributed by atoms with van der Waals surface area (Å²) in [5, 5.41) is 6.15. The van der Waals surface area contributed by atoms with Crippen LogP contribution in [0.2, 0.25) is 0 Å². The number of hydrogen-bond donors (Lipinski definition) is 0. The highest BCUT2D eigenvalue weighted by Crippen LogP contribution is 2.39. The molecule has 1 aromatic heterocycles. The Hall–Kier alpha value is -7.16. The molecule has 1 heterocycles. The summed E-state index contributed by atoms with van der Waals surface area (Å²) in [7, 11) is 0. The summed E-state index contributed by atoms with van der Waals surface area (Å²) in [6.45, 7) is 2.14. The van der Waals surface area contributed by atoms with E-state index in [-0.39, 0.29) is 0 Å². The Morgan fingerprint density at radius 3 is 1.25 bits per heavy atom. The Labute approximate surface area is 321 Å². The fraction of sp³-hybridized carbons (Fsp3) is 0.0189. The first kappa shape index (κ1) is 32.5. The minimum Gasteiger partial charge on any atom is -0.456 e. The van der Waals surface area contributed by atoms with E-state index in [4.69, 9.17) is 4.42 Å². The standard InChI is InChI=1S/C53H37NO/c1-36-51-15-6-7-16-52(51)55-53(36)47-14-8-13-44(35-47)39-21-27-48(28-22-39)54(49-29-23-40(24-30-49)45-19-17-37-9-2-4-11-42(37)33-45)50-31-25-41(26-32-50)46-20-18-38-10-3-5-12-43(38)34-46/h2-35H,1H3. The quantitative estimate of drug-likeness (QED) is 0.164. The van der Waals surface area contributed by atoms with Gasteiger partial charge in [0.05, 0.1) is 0 Å². The van der Waals surface area contributed by atoms with Crippen LogP contribution < -0.4 is 4.90 Å². The molecule has 260 valence electrons. The van der Waals surface area contributed by atoms with Crippen molar-refractivity contribution in [2.24, 2.45) is 0 Å². The van der Waals surface area contributed by atoms with Crippen LogP contribution in [0.1, 0.15) is 5.56 Å². The number of rotatable bonds is 7. The van der Waals surface area contributed by atoms with Crippen LogP contribution in [0.4, 0.5) is 17.1 Å². The molecule has 2 heteroatoms. The van der Waals surface area contributed by atoms with Gasteiger partial charge >= 0.3 is 0 Å². The molecular formula is C53H37NO. The van der Waals surface area contributed by atoms with Gasteiger partial charge in [-0.1, -0.05) is 146 Å². The molecule has 55 heavy (non-hydrogen) atoms. The molecule has 10 rings (SSSR count). The van der Waals surface area contributed by atoms with Crippen molar-refractivity contribution in [3.8, 4) is 44.7 Å². The monoisotopic (exact) mass is 703 g/mol. The zero-order chi connectivity index (χ0) is 36.7. The minimum absolute atomic E-state index is 0.917. The second-order valence-electron chi connectivity index (χ2n) is 14.2.